The number of hydrogen-bond acceptors (Lipinski definition) is 7. The molecule has 9 heteroatoms. The summed E-state index contributed by atoms with van der Waals surface area (Å²) in [7, 11) is 0. The van der Waals surface area contributed by atoms with Gasteiger partial charge in [-0.1, -0.05) is 6.07 Å². The van der Waals surface area contributed by atoms with Gasteiger partial charge in [0.25, 0.3) is 0 Å². The van der Waals surface area contributed by atoms with Gasteiger partial charge in [-0.05, 0) is 42.8 Å². The topological polar surface area (TPSA) is 88.8 Å². The van der Waals surface area contributed by atoms with Crippen LogP contribution in [-0.2, 0) is 11.2 Å². The summed E-state index contributed by atoms with van der Waals surface area (Å²) in [4.78, 5) is 19.9. The van der Waals surface area contributed by atoms with E-state index in [4.69, 9.17) is 0 Å². The molecular weight excluding hydrogens is 362 g/mol. The van der Waals surface area contributed by atoms with Crippen molar-refractivity contribution in [3.63, 3.8) is 0 Å². The van der Waals surface area contributed by atoms with Crippen molar-refractivity contribution in [3.8, 4) is 5.82 Å². The molecule has 0 bridgehead atoms. The van der Waals surface area contributed by atoms with Crippen LogP contribution in [0.1, 0.15) is 17.7 Å². The number of anilines is 1. The first-order valence-electron chi connectivity index (χ1n) is 9.03. The summed E-state index contributed by atoms with van der Waals surface area (Å²) in [6.07, 6.45) is 5.80. The first kappa shape index (κ1) is 17.6. The average Bonchev–Trinajstić information content (AvgIpc) is 3.42. The Labute approximate surface area is 161 Å². The predicted molar refractivity (Wildman–Crippen MR) is 103 cm³/mol. The smallest absolute Gasteiger partial charge is 0.224 e. The Morgan fingerprint density at radius 3 is 2.89 bits per heavy atom. The van der Waals surface area contributed by atoms with Gasteiger partial charge < -0.3 is 10.2 Å². The number of amides is 1. The Kier molecular flexibility index (Phi) is 5.38. The Bertz CT molecular complexity index is 848. The molecule has 0 spiro atoms. The summed E-state index contributed by atoms with van der Waals surface area (Å²) < 4.78 is 1.57. The molecule has 3 aromatic heterocycles. The molecule has 4 heterocycles. The highest BCUT2D eigenvalue weighted by atomic mass is 32.1. The summed E-state index contributed by atoms with van der Waals surface area (Å²) in [5.41, 5.74) is 0. The van der Waals surface area contributed by atoms with E-state index in [9.17, 15) is 4.79 Å². The maximum Gasteiger partial charge on any atom is 0.224 e. The van der Waals surface area contributed by atoms with Crippen molar-refractivity contribution in [2.45, 2.75) is 19.3 Å². The van der Waals surface area contributed by atoms with Gasteiger partial charge in [0.15, 0.2) is 11.6 Å². The third-order valence-electron chi connectivity index (χ3n) is 4.66. The van der Waals surface area contributed by atoms with Crippen LogP contribution in [0.4, 0.5) is 5.82 Å². The molecule has 1 atom stereocenters. The van der Waals surface area contributed by atoms with Crippen molar-refractivity contribution in [2.24, 2.45) is 5.92 Å². The number of hydrogen-bond donors (Lipinski definition) is 1. The van der Waals surface area contributed by atoms with E-state index in [1.807, 2.05) is 18.2 Å². The predicted octanol–water partition coefficient (Wildman–Crippen LogP) is 1.69. The van der Waals surface area contributed by atoms with Crippen LogP contribution in [0.3, 0.4) is 0 Å². The van der Waals surface area contributed by atoms with Crippen molar-refractivity contribution in [3.05, 3.63) is 47.2 Å². The zero-order chi connectivity index (χ0) is 18.5. The first-order chi connectivity index (χ1) is 13.3. The van der Waals surface area contributed by atoms with Gasteiger partial charge in [0.1, 0.15) is 12.7 Å². The lowest BCUT2D eigenvalue weighted by molar-refractivity contribution is -0.125. The third kappa shape index (κ3) is 4.30. The summed E-state index contributed by atoms with van der Waals surface area (Å²) in [6.45, 7) is 2.24. The standard InChI is InChI=1S/C18H21N7OS/c26-18(20-8-7-15-4-2-10-27-15)14-3-1-9-24(11-14)16-5-6-17(23-22-16)25-13-19-12-21-25/h2,4-6,10,12-14H,1,3,7-9,11H2,(H,20,26). The highest BCUT2D eigenvalue weighted by Gasteiger charge is 2.26. The van der Waals surface area contributed by atoms with E-state index in [0.29, 0.717) is 18.9 Å². The largest absolute Gasteiger partial charge is 0.355 e. The second-order valence-corrected chi connectivity index (χ2v) is 7.53. The van der Waals surface area contributed by atoms with E-state index in [2.05, 4.69) is 41.9 Å². The van der Waals surface area contributed by atoms with Gasteiger partial charge in [-0.15, -0.1) is 21.5 Å². The Hall–Kier alpha value is -2.81. The number of thiophene rings is 1. The molecular formula is C18H21N7OS. The fourth-order valence-electron chi connectivity index (χ4n) is 3.24. The second-order valence-electron chi connectivity index (χ2n) is 6.50. The minimum atomic E-state index is -0.0149. The van der Waals surface area contributed by atoms with Crippen LogP contribution >= 0.6 is 11.3 Å². The number of piperidine rings is 1. The molecule has 1 saturated heterocycles. The molecule has 0 radical (unpaired) electrons. The average molecular weight is 383 g/mol. The van der Waals surface area contributed by atoms with E-state index in [-0.39, 0.29) is 11.8 Å². The lowest BCUT2D eigenvalue weighted by Gasteiger charge is -2.32. The van der Waals surface area contributed by atoms with Crippen LogP contribution in [0, 0.1) is 5.92 Å². The number of carbonyl (C=O) groups excluding carboxylic acids is 1. The number of carbonyl (C=O) groups is 1. The van der Waals surface area contributed by atoms with Gasteiger partial charge in [-0.3, -0.25) is 4.79 Å². The molecule has 1 unspecified atom stereocenters. The zero-order valence-corrected chi connectivity index (χ0v) is 15.7. The minimum Gasteiger partial charge on any atom is -0.355 e. The molecule has 1 amide bonds. The fourth-order valence-corrected chi connectivity index (χ4v) is 3.95. The van der Waals surface area contributed by atoms with Crippen LogP contribution in [0.25, 0.3) is 5.82 Å². The summed E-state index contributed by atoms with van der Waals surface area (Å²) in [6, 6.07) is 7.92. The third-order valence-corrected chi connectivity index (χ3v) is 5.59. The van der Waals surface area contributed by atoms with Crippen molar-refractivity contribution in [2.75, 3.05) is 24.5 Å². The maximum atomic E-state index is 12.5. The van der Waals surface area contributed by atoms with Gasteiger partial charge >= 0.3 is 0 Å². The lowest BCUT2D eigenvalue weighted by atomic mass is 9.97. The molecule has 1 aliphatic rings. The molecule has 8 nitrogen and oxygen atoms in total. The van der Waals surface area contributed by atoms with Crippen LogP contribution < -0.4 is 10.2 Å². The van der Waals surface area contributed by atoms with Crippen molar-refractivity contribution >= 4 is 23.1 Å². The summed E-state index contributed by atoms with van der Waals surface area (Å²) in [5, 5.41) is 17.7. The molecule has 27 heavy (non-hydrogen) atoms. The van der Waals surface area contributed by atoms with E-state index in [1.54, 1.807) is 22.3 Å². The van der Waals surface area contributed by atoms with E-state index in [1.165, 1.54) is 11.2 Å². The number of rotatable bonds is 6. The Balaban J connectivity index is 1.32. The maximum absolute atomic E-state index is 12.5. The molecule has 0 aromatic carbocycles. The quantitative estimate of drug-likeness (QED) is 0.697. The zero-order valence-electron chi connectivity index (χ0n) is 14.9. The van der Waals surface area contributed by atoms with E-state index in [0.717, 1.165) is 31.6 Å². The summed E-state index contributed by atoms with van der Waals surface area (Å²) >= 11 is 1.72. The minimum absolute atomic E-state index is 0.0149. The normalized spacial score (nSPS) is 17.0. The molecule has 0 saturated carbocycles. The molecule has 3 aromatic rings. The van der Waals surface area contributed by atoms with Crippen molar-refractivity contribution < 1.29 is 4.79 Å². The monoisotopic (exact) mass is 383 g/mol. The molecule has 1 fully saturated rings. The summed E-state index contributed by atoms with van der Waals surface area (Å²) in [5.74, 6) is 1.52. The number of aromatic nitrogens is 5. The van der Waals surface area contributed by atoms with Gasteiger partial charge in [0.2, 0.25) is 5.91 Å². The molecule has 140 valence electrons. The van der Waals surface area contributed by atoms with Crippen LogP contribution in [-0.4, -0.2) is 50.5 Å². The molecule has 1 aliphatic heterocycles. The highest BCUT2D eigenvalue weighted by Crippen LogP contribution is 2.21. The molecule has 1 N–H and O–H groups in total. The van der Waals surface area contributed by atoms with Gasteiger partial charge in [0.05, 0.1) is 5.92 Å². The lowest BCUT2D eigenvalue weighted by Crippen LogP contribution is -2.43. The Morgan fingerprint density at radius 2 is 2.15 bits per heavy atom. The van der Waals surface area contributed by atoms with Crippen LogP contribution in [0.15, 0.2) is 42.3 Å². The second kappa shape index (κ2) is 8.26. The van der Waals surface area contributed by atoms with Crippen LogP contribution in [0.5, 0.6) is 0 Å². The molecule has 0 aliphatic carbocycles. The first-order valence-corrected chi connectivity index (χ1v) is 9.91. The van der Waals surface area contributed by atoms with Crippen molar-refractivity contribution in [1.82, 2.24) is 30.3 Å². The number of nitrogens with zero attached hydrogens (tertiary/aromatic N) is 6. The SMILES string of the molecule is O=C(NCCc1cccs1)C1CCCN(c2ccc(-n3cncn3)nn2)C1. The van der Waals surface area contributed by atoms with E-state index < -0.39 is 0 Å². The van der Waals surface area contributed by atoms with Crippen LogP contribution in [0.2, 0.25) is 0 Å². The van der Waals surface area contributed by atoms with Gasteiger partial charge in [-0.2, -0.15) is 5.10 Å². The van der Waals surface area contributed by atoms with Gasteiger partial charge in [-0.25, -0.2) is 9.67 Å². The van der Waals surface area contributed by atoms with Gasteiger partial charge in [0, 0.05) is 24.5 Å². The Morgan fingerprint density at radius 1 is 1.26 bits per heavy atom. The molecule has 4 rings (SSSR count). The van der Waals surface area contributed by atoms with E-state index >= 15 is 0 Å². The van der Waals surface area contributed by atoms with Crippen molar-refractivity contribution in [1.29, 1.82) is 0 Å². The fraction of sp³-hybridized carbons (Fsp3) is 0.389. The number of nitrogens with one attached hydrogen (secondary N) is 1. The highest BCUT2D eigenvalue weighted by molar-refractivity contribution is 7.09.